The highest BCUT2D eigenvalue weighted by Gasteiger charge is 2.21. The molecule has 0 aliphatic heterocycles. The van der Waals surface area contributed by atoms with Gasteiger partial charge in [-0.1, -0.05) is 26.0 Å². The van der Waals surface area contributed by atoms with Crippen molar-refractivity contribution in [3.05, 3.63) is 35.6 Å². The van der Waals surface area contributed by atoms with Crippen LogP contribution in [0, 0.1) is 5.82 Å². The summed E-state index contributed by atoms with van der Waals surface area (Å²) in [5, 5.41) is 9.33. The quantitative estimate of drug-likeness (QED) is 0.823. The van der Waals surface area contributed by atoms with E-state index in [-0.39, 0.29) is 29.0 Å². The maximum atomic E-state index is 12.9. The predicted molar refractivity (Wildman–Crippen MR) is 71.5 cm³/mol. The second-order valence-electron chi connectivity index (χ2n) is 4.17. The molecule has 0 saturated carbocycles. The molecule has 0 bridgehead atoms. The van der Waals surface area contributed by atoms with Crippen molar-refractivity contribution < 1.29 is 9.50 Å². The summed E-state index contributed by atoms with van der Waals surface area (Å²) < 4.78 is 12.9. The van der Waals surface area contributed by atoms with Crippen molar-refractivity contribution in [3.63, 3.8) is 0 Å². The summed E-state index contributed by atoms with van der Waals surface area (Å²) in [6.07, 6.45) is 0.854. The van der Waals surface area contributed by atoms with Crippen LogP contribution in [0.4, 0.5) is 4.39 Å². The fourth-order valence-electron chi connectivity index (χ4n) is 1.59. The van der Waals surface area contributed by atoms with Gasteiger partial charge in [-0.2, -0.15) is 0 Å². The van der Waals surface area contributed by atoms with E-state index in [4.69, 9.17) is 10.8 Å². The summed E-state index contributed by atoms with van der Waals surface area (Å²) in [4.78, 5) is 0. The summed E-state index contributed by atoms with van der Waals surface area (Å²) in [5.74, 6) is -0.238. The van der Waals surface area contributed by atoms with Gasteiger partial charge < -0.3 is 10.8 Å². The van der Waals surface area contributed by atoms with Crippen LogP contribution in [0.5, 0.6) is 0 Å². The number of nitrogens with two attached hydrogens (primary N) is 1. The van der Waals surface area contributed by atoms with E-state index in [0.717, 1.165) is 12.0 Å². The Labute approximate surface area is 106 Å². The Bertz CT molecular complexity index is 331. The SMILES string of the molecule is CCC(N)C(SC(C)CO)c1ccc(F)cc1. The Kier molecular flexibility index (Phi) is 5.95. The van der Waals surface area contributed by atoms with Gasteiger partial charge in [0.05, 0.1) is 6.61 Å². The van der Waals surface area contributed by atoms with Gasteiger partial charge in [-0.05, 0) is 24.1 Å². The number of benzene rings is 1. The van der Waals surface area contributed by atoms with E-state index in [1.165, 1.54) is 12.1 Å². The van der Waals surface area contributed by atoms with Gasteiger partial charge in [-0.25, -0.2) is 4.39 Å². The summed E-state index contributed by atoms with van der Waals surface area (Å²) in [7, 11) is 0. The third kappa shape index (κ3) is 4.30. The molecule has 1 aromatic rings. The van der Waals surface area contributed by atoms with Crippen LogP contribution < -0.4 is 5.73 Å². The molecular formula is C13H20FNOS. The van der Waals surface area contributed by atoms with Crippen LogP contribution in [-0.4, -0.2) is 23.0 Å². The molecule has 96 valence electrons. The number of thioether (sulfide) groups is 1. The number of aliphatic hydroxyl groups excluding tert-OH is 1. The number of hydrogen-bond acceptors (Lipinski definition) is 3. The van der Waals surface area contributed by atoms with E-state index in [9.17, 15) is 4.39 Å². The lowest BCUT2D eigenvalue weighted by Gasteiger charge is -2.25. The smallest absolute Gasteiger partial charge is 0.123 e. The van der Waals surface area contributed by atoms with Crippen LogP contribution >= 0.6 is 11.8 Å². The molecule has 2 nitrogen and oxygen atoms in total. The largest absolute Gasteiger partial charge is 0.395 e. The van der Waals surface area contributed by atoms with E-state index >= 15 is 0 Å². The second-order valence-corrected chi connectivity index (χ2v) is 5.76. The molecule has 0 aliphatic rings. The Balaban J connectivity index is 2.85. The summed E-state index contributed by atoms with van der Waals surface area (Å²) in [6.45, 7) is 4.12. The number of hydrogen-bond donors (Lipinski definition) is 2. The highest BCUT2D eigenvalue weighted by atomic mass is 32.2. The molecular weight excluding hydrogens is 237 g/mol. The Hall–Kier alpha value is -0.580. The van der Waals surface area contributed by atoms with Crippen LogP contribution in [-0.2, 0) is 0 Å². The van der Waals surface area contributed by atoms with Gasteiger partial charge in [0.2, 0.25) is 0 Å². The zero-order valence-electron chi connectivity index (χ0n) is 10.3. The molecule has 3 unspecified atom stereocenters. The van der Waals surface area contributed by atoms with Gasteiger partial charge in [-0.15, -0.1) is 11.8 Å². The molecule has 1 rings (SSSR count). The molecule has 0 amide bonds. The molecule has 4 heteroatoms. The Morgan fingerprint density at radius 1 is 1.35 bits per heavy atom. The minimum atomic E-state index is -0.238. The zero-order chi connectivity index (χ0) is 12.8. The third-order valence-electron chi connectivity index (χ3n) is 2.69. The van der Waals surface area contributed by atoms with E-state index in [2.05, 4.69) is 0 Å². The number of aliphatic hydroxyl groups is 1. The molecule has 3 atom stereocenters. The topological polar surface area (TPSA) is 46.2 Å². The zero-order valence-corrected chi connectivity index (χ0v) is 11.1. The second kappa shape index (κ2) is 6.99. The minimum absolute atomic E-state index is 0.0134. The molecule has 0 heterocycles. The van der Waals surface area contributed by atoms with Crippen LogP contribution in [0.15, 0.2) is 24.3 Å². The lowest BCUT2D eigenvalue weighted by Crippen LogP contribution is -2.27. The number of halogens is 1. The fraction of sp³-hybridized carbons (Fsp3) is 0.538. The number of rotatable bonds is 6. The van der Waals surface area contributed by atoms with Gasteiger partial charge in [0.15, 0.2) is 0 Å². The van der Waals surface area contributed by atoms with E-state index in [0.29, 0.717) is 0 Å². The monoisotopic (exact) mass is 257 g/mol. The van der Waals surface area contributed by atoms with Crippen LogP contribution in [0.25, 0.3) is 0 Å². The Morgan fingerprint density at radius 2 is 1.94 bits per heavy atom. The minimum Gasteiger partial charge on any atom is -0.395 e. The molecule has 0 radical (unpaired) electrons. The molecule has 0 aromatic heterocycles. The van der Waals surface area contributed by atoms with Crippen molar-refractivity contribution in [1.82, 2.24) is 0 Å². The van der Waals surface area contributed by atoms with Crippen molar-refractivity contribution in [2.24, 2.45) is 5.73 Å². The molecule has 17 heavy (non-hydrogen) atoms. The first-order valence-electron chi connectivity index (χ1n) is 5.85. The van der Waals surface area contributed by atoms with Gasteiger partial charge in [0.25, 0.3) is 0 Å². The first kappa shape index (κ1) is 14.5. The van der Waals surface area contributed by atoms with Crippen LogP contribution in [0.1, 0.15) is 31.1 Å². The first-order valence-corrected chi connectivity index (χ1v) is 6.80. The van der Waals surface area contributed by atoms with E-state index < -0.39 is 0 Å². The summed E-state index contributed by atoms with van der Waals surface area (Å²) in [6, 6.07) is 6.46. The lowest BCUT2D eigenvalue weighted by molar-refractivity contribution is 0.299. The van der Waals surface area contributed by atoms with Gasteiger partial charge in [0.1, 0.15) is 5.82 Å². The van der Waals surface area contributed by atoms with Crippen molar-refractivity contribution in [2.45, 2.75) is 36.8 Å². The molecule has 3 N–H and O–H groups in total. The average Bonchev–Trinajstić information content (AvgIpc) is 2.36. The predicted octanol–water partition coefficient (Wildman–Crippen LogP) is 2.72. The molecule has 0 aliphatic carbocycles. The maximum absolute atomic E-state index is 12.9. The van der Waals surface area contributed by atoms with Gasteiger partial charge >= 0.3 is 0 Å². The average molecular weight is 257 g/mol. The van der Waals surface area contributed by atoms with Crippen molar-refractivity contribution in [2.75, 3.05) is 6.61 Å². The van der Waals surface area contributed by atoms with Crippen LogP contribution in [0.3, 0.4) is 0 Å². The molecule has 0 saturated heterocycles. The summed E-state index contributed by atoms with van der Waals surface area (Å²) in [5.41, 5.74) is 7.11. The third-order valence-corrected chi connectivity index (χ3v) is 4.22. The normalized spacial score (nSPS) is 16.5. The first-order chi connectivity index (χ1) is 8.08. The van der Waals surface area contributed by atoms with Gasteiger partial charge in [0, 0.05) is 16.5 Å². The van der Waals surface area contributed by atoms with Crippen molar-refractivity contribution in [3.8, 4) is 0 Å². The van der Waals surface area contributed by atoms with Crippen molar-refractivity contribution >= 4 is 11.8 Å². The highest BCUT2D eigenvalue weighted by Crippen LogP contribution is 2.35. The van der Waals surface area contributed by atoms with Gasteiger partial charge in [-0.3, -0.25) is 0 Å². The van der Waals surface area contributed by atoms with Crippen molar-refractivity contribution in [1.29, 1.82) is 0 Å². The van der Waals surface area contributed by atoms with E-state index in [1.807, 2.05) is 13.8 Å². The Morgan fingerprint density at radius 3 is 2.41 bits per heavy atom. The molecule has 0 fully saturated rings. The maximum Gasteiger partial charge on any atom is 0.123 e. The summed E-state index contributed by atoms with van der Waals surface area (Å²) >= 11 is 1.64. The van der Waals surface area contributed by atoms with Crippen LogP contribution in [0.2, 0.25) is 0 Å². The van der Waals surface area contributed by atoms with E-state index in [1.54, 1.807) is 23.9 Å². The highest BCUT2D eigenvalue weighted by molar-refractivity contribution is 8.00. The standard InChI is InChI=1S/C13H20FNOS/c1-3-12(15)13(17-9(2)8-16)10-4-6-11(14)7-5-10/h4-7,9,12-13,16H,3,8,15H2,1-2H3. The molecule has 1 aromatic carbocycles. The fourth-order valence-corrected chi connectivity index (χ4v) is 2.88. The lowest BCUT2D eigenvalue weighted by atomic mass is 10.0. The molecule has 0 spiro atoms.